The van der Waals surface area contributed by atoms with E-state index in [1.165, 1.54) is 12.7 Å². The first-order valence-electron chi connectivity index (χ1n) is 8.88. The second kappa shape index (κ2) is 8.93. The van der Waals surface area contributed by atoms with Gasteiger partial charge in [-0.1, -0.05) is 0 Å². The van der Waals surface area contributed by atoms with Crippen LogP contribution < -0.4 is 11.1 Å². The van der Waals surface area contributed by atoms with Gasteiger partial charge in [-0.25, -0.2) is 19.7 Å². The number of nitrogens with zero attached hydrogens (tertiary/aromatic N) is 4. The molecule has 27 heavy (non-hydrogen) atoms. The number of nitrogens with one attached hydrogen (secondary N) is 1. The molecule has 0 unspecified atom stereocenters. The highest BCUT2D eigenvalue weighted by atomic mass is 16.6. The summed E-state index contributed by atoms with van der Waals surface area (Å²) in [5.74, 6) is 0.271. The van der Waals surface area contributed by atoms with Gasteiger partial charge in [0.25, 0.3) is 0 Å². The fourth-order valence-corrected chi connectivity index (χ4v) is 2.93. The average Bonchev–Trinajstić information content (AvgIpc) is 3.24. The van der Waals surface area contributed by atoms with Gasteiger partial charge in [0.1, 0.15) is 30.8 Å². The van der Waals surface area contributed by atoms with Crippen LogP contribution in [0.2, 0.25) is 0 Å². The van der Waals surface area contributed by atoms with Gasteiger partial charge in [0, 0.05) is 19.6 Å². The third-order valence-corrected chi connectivity index (χ3v) is 4.38. The van der Waals surface area contributed by atoms with E-state index in [0.717, 1.165) is 12.8 Å². The summed E-state index contributed by atoms with van der Waals surface area (Å²) in [4.78, 5) is 23.9. The zero-order valence-electron chi connectivity index (χ0n) is 14.8. The average molecular weight is 380 g/mol. The molecule has 1 aliphatic heterocycles. The molecule has 0 saturated carbocycles. The lowest BCUT2D eigenvalue weighted by Gasteiger charge is -2.16. The number of carbonyl (C=O) groups excluding carboxylic acids is 1. The number of rotatable bonds is 8. The van der Waals surface area contributed by atoms with Crippen molar-refractivity contribution in [2.75, 3.05) is 25.5 Å². The normalized spacial score (nSPS) is 22.2. The molecule has 0 aromatic carbocycles. The Bertz CT molecular complexity index is 769. The summed E-state index contributed by atoms with van der Waals surface area (Å²) < 4.78 is 12.6. The van der Waals surface area contributed by atoms with E-state index in [0.29, 0.717) is 30.6 Å². The van der Waals surface area contributed by atoms with Gasteiger partial charge in [-0.05, 0) is 19.3 Å². The molecule has 1 amide bonds. The number of unbranched alkanes of at least 4 members (excludes halogenated alkanes) is 2. The van der Waals surface area contributed by atoms with Gasteiger partial charge in [-0.3, -0.25) is 4.57 Å². The van der Waals surface area contributed by atoms with E-state index >= 15 is 0 Å². The Balaban J connectivity index is 1.49. The number of aliphatic hydroxyl groups is 2. The molecule has 5 N–H and O–H groups in total. The highest BCUT2D eigenvalue weighted by Crippen LogP contribution is 2.31. The fraction of sp³-hybridized carbons (Fsp3) is 0.625. The van der Waals surface area contributed by atoms with E-state index in [2.05, 4.69) is 20.3 Å². The van der Waals surface area contributed by atoms with Gasteiger partial charge in [-0.2, -0.15) is 0 Å². The molecular weight excluding hydrogens is 356 g/mol. The lowest BCUT2D eigenvalue weighted by molar-refractivity contribution is -0.0464. The fourth-order valence-electron chi connectivity index (χ4n) is 2.93. The molecule has 11 nitrogen and oxygen atoms in total. The summed E-state index contributed by atoms with van der Waals surface area (Å²) in [6.45, 7) is 0.551. The van der Waals surface area contributed by atoms with Gasteiger partial charge in [-0.15, -0.1) is 0 Å². The number of fused-ring (bicyclic) bond motifs is 1. The summed E-state index contributed by atoms with van der Waals surface area (Å²) in [6, 6.07) is 0. The number of anilines is 1. The standard InChI is InChI=1S/C16H24N6O5/c17-14-13-15(20-8-19-14)22(9-21-13)12-6-10(24)11(27-12)7-26-16(25)18-4-2-1-3-5-23/h8-12,23-24H,1-7H2,(H,18,25)(H2,17,19,20)/t10-,11+,12+/m0/s1. The summed E-state index contributed by atoms with van der Waals surface area (Å²) >= 11 is 0. The predicted molar refractivity (Wildman–Crippen MR) is 94.6 cm³/mol. The van der Waals surface area contributed by atoms with Crippen LogP contribution in [0.15, 0.2) is 12.7 Å². The van der Waals surface area contributed by atoms with Crippen LogP contribution >= 0.6 is 0 Å². The van der Waals surface area contributed by atoms with E-state index in [1.807, 2.05) is 0 Å². The lowest BCUT2D eigenvalue weighted by atomic mass is 10.2. The highest BCUT2D eigenvalue weighted by molar-refractivity contribution is 5.81. The number of alkyl carbamates (subject to hydrolysis) is 1. The number of amides is 1. The molecule has 11 heteroatoms. The molecule has 148 valence electrons. The predicted octanol–water partition coefficient (Wildman–Crippen LogP) is -0.0543. The smallest absolute Gasteiger partial charge is 0.407 e. The maximum absolute atomic E-state index is 11.7. The van der Waals surface area contributed by atoms with Crippen LogP contribution in [0.1, 0.15) is 31.9 Å². The molecule has 0 aliphatic carbocycles. The van der Waals surface area contributed by atoms with Gasteiger partial charge in [0.05, 0.1) is 12.4 Å². The number of hydrogen-bond acceptors (Lipinski definition) is 9. The zero-order chi connectivity index (χ0) is 19.2. The summed E-state index contributed by atoms with van der Waals surface area (Å²) in [5.41, 5.74) is 6.76. The number of nitrogen functional groups attached to an aromatic ring is 1. The van der Waals surface area contributed by atoms with Crippen LogP contribution in [-0.2, 0) is 9.47 Å². The topological polar surface area (TPSA) is 158 Å². The van der Waals surface area contributed by atoms with Crippen molar-refractivity contribution in [3.63, 3.8) is 0 Å². The Labute approximate surface area is 155 Å². The Morgan fingerprint density at radius 1 is 1.37 bits per heavy atom. The zero-order valence-corrected chi connectivity index (χ0v) is 14.8. The first-order chi connectivity index (χ1) is 13.1. The van der Waals surface area contributed by atoms with E-state index in [9.17, 15) is 9.90 Å². The largest absolute Gasteiger partial charge is 0.447 e. The summed E-state index contributed by atoms with van der Waals surface area (Å²) in [6.07, 6.45) is 3.00. The molecule has 0 radical (unpaired) electrons. The molecule has 2 aromatic heterocycles. The number of ether oxygens (including phenoxy) is 2. The number of carbonyl (C=O) groups is 1. The maximum atomic E-state index is 11.7. The summed E-state index contributed by atoms with van der Waals surface area (Å²) in [5, 5.41) is 21.5. The molecule has 2 aromatic rings. The first-order valence-corrected chi connectivity index (χ1v) is 8.88. The van der Waals surface area contributed by atoms with Crippen molar-refractivity contribution >= 4 is 23.1 Å². The monoisotopic (exact) mass is 380 g/mol. The first kappa shape index (κ1) is 19.3. The van der Waals surface area contributed by atoms with Gasteiger partial charge in [0.15, 0.2) is 11.5 Å². The van der Waals surface area contributed by atoms with Crippen LogP contribution in [0.25, 0.3) is 11.2 Å². The minimum Gasteiger partial charge on any atom is -0.447 e. The number of nitrogens with two attached hydrogens (primary N) is 1. The van der Waals surface area contributed by atoms with Gasteiger partial charge in [0.2, 0.25) is 0 Å². The van der Waals surface area contributed by atoms with Crippen LogP contribution in [0.3, 0.4) is 0 Å². The van der Waals surface area contributed by atoms with E-state index < -0.39 is 24.5 Å². The SMILES string of the molecule is Nc1ncnc2c1ncn2[C@H]1C[C@H](O)[C@@H](COC(=O)NCCCCCO)O1. The van der Waals surface area contributed by atoms with Crippen molar-refractivity contribution in [3.05, 3.63) is 12.7 Å². The van der Waals surface area contributed by atoms with Crippen LogP contribution in [-0.4, -0.2) is 67.8 Å². The molecule has 0 bridgehead atoms. The minimum absolute atomic E-state index is 0.0656. The van der Waals surface area contributed by atoms with E-state index in [-0.39, 0.29) is 19.0 Å². The van der Waals surface area contributed by atoms with Crippen molar-refractivity contribution in [3.8, 4) is 0 Å². The number of aliphatic hydroxyl groups excluding tert-OH is 2. The van der Waals surface area contributed by atoms with E-state index in [4.69, 9.17) is 20.3 Å². The van der Waals surface area contributed by atoms with Crippen molar-refractivity contribution in [1.82, 2.24) is 24.8 Å². The van der Waals surface area contributed by atoms with Crippen LogP contribution in [0, 0.1) is 0 Å². The Hall–Kier alpha value is -2.50. The second-order valence-corrected chi connectivity index (χ2v) is 6.32. The minimum atomic E-state index is -0.788. The number of imidazole rings is 1. The van der Waals surface area contributed by atoms with Crippen molar-refractivity contribution in [1.29, 1.82) is 0 Å². The number of aromatic nitrogens is 4. The molecular formula is C16H24N6O5. The summed E-state index contributed by atoms with van der Waals surface area (Å²) in [7, 11) is 0. The number of hydrogen-bond donors (Lipinski definition) is 4. The second-order valence-electron chi connectivity index (χ2n) is 6.32. The van der Waals surface area contributed by atoms with Crippen LogP contribution in [0.5, 0.6) is 0 Å². The third-order valence-electron chi connectivity index (χ3n) is 4.38. The Morgan fingerprint density at radius 3 is 3.04 bits per heavy atom. The lowest BCUT2D eigenvalue weighted by Crippen LogP contribution is -2.32. The van der Waals surface area contributed by atoms with Crippen molar-refractivity contribution < 1.29 is 24.5 Å². The van der Waals surface area contributed by atoms with E-state index in [1.54, 1.807) is 4.57 Å². The highest BCUT2D eigenvalue weighted by Gasteiger charge is 2.36. The molecule has 3 atom stereocenters. The Morgan fingerprint density at radius 2 is 2.22 bits per heavy atom. The molecule has 1 fully saturated rings. The molecule has 3 rings (SSSR count). The third kappa shape index (κ3) is 4.62. The maximum Gasteiger partial charge on any atom is 0.407 e. The van der Waals surface area contributed by atoms with Gasteiger partial charge < -0.3 is 30.7 Å². The molecule has 1 aliphatic rings. The van der Waals surface area contributed by atoms with Crippen molar-refractivity contribution in [2.45, 2.75) is 44.1 Å². The van der Waals surface area contributed by atoms with Gasteiger partial charge >= 0.3 is 6.09 Å². The molecule has 1 saturated heterocycles. The van der Waals surface area contributed by atoms with Crippen LogP contribution in [0.4, 0.5) is 10.6 Å². The molecule has 0 spiro atoms. The van der Waals surface area contributed by atoms with Crippen molar-refractivity contribution in [2.24, 2.45) is 0 Å². The quantitative estimate of drug-likeness (QED) is 0.461. The Kier molecular flexibility index (Phi) is 6.37. The molecule has 3 heterocycles.